The van der Waals surface area contributed by atoms with Gasteiger partial charge < -0.3 is 18.8 Å². The van der Waals surface area contributed by atoms with Crippen LogP contribution in [-0.4, -0.2) is 36.3 Å². The standard InChI is InChI=1S/C37H57NO6/c1-6-9-10-11-12-13-14-15-16-17-18-19-20-21-22-23-28-44-32-26-24-31(25-27-32)38-29(4)33(36(40)42-7-2)35(39)34(30(38)5)37(41)43-8-3/h24-27H,6-23,28H2,1-5H3. The molecule has 0 fully saturated rings. The van der Waals surface area contributed by atoms with Crippen molar-refractivity contribution in [1.82, 2.24) is 4.57 Å². The van der Waals surface area contributed by atoms with Crippen LogP contribution >= 0.6 is 0 Å². The van der Waals surface area contributed by atoms with Gasteiger partial charge in [-0.1, -0.05) is 103 Å². The van der Waals surface area contributed by atoms with Gasteiger partial charge in [-0.3, -0.25) is 4.79 Å². The Labute approximate surface area is 265 Å². The molecule has 1 aromatic carbocycles. The minimum atomic E-state index is -0.756. The zero-order valence-electron chi connectivity index (χ0n) is 28.1. The first-order valence-corrected chi connectivity index (χ1v) is 17.2. The smallest absolute Gasteiger partial charge is 0.343 e. The molecule has 0 aliphatic carbocycles. The van der Waals surface area contributed by atoms with E-state index in [4.69, 9.17) is 14.2 Å². The van der Waals surface area contributed by atoms with Crippen LogP contribution in [0.5, 0.6) is 5.75 Å². The maximum absolute atomic E-state index is 13.2. The van der Waals surface area contributed by atoms with E-state index in [2.05, 4.69) is 6.92 Å². The van der Waals surface area contributed by atoms with Crippen molar-refractivity contribution in [2.45, 2.75) is 137 Å². The van der Waals surface area contributed by atoms with Crippen LogP contribution < -0.4 is 10.2 Å². The molecule has 0 amide bonds. The van der Waals surface area contributed by atoms with Crippen molar-refractivity contribution in [3.05, 3.63) is 57.0 Å². The summed E-state index contributed by atoms with van der Waals surface area (Å²) < 4.78 is 18.0. The van der Waals surface area contributed by atoms with Crippen molar-refractivity contribution >= 4 is 11.9 Å². The number of nitrogens with zero attached hydrogens (tertiary/aromatic N) is 1. The van der Waals surface area contributed by atoms with Gasteiger partial charge in [0.15, 0.2) is 0 Å². The second kappa shape index (κ2) is 21.6. The van der Waals surface area contributed by atoms with E-state index in [0.717, 1.165) is 12.2 Å². The van der Waals surface area contributed by atoms with Crippen molar-refractivity contribution in [2.75, 3.05) is 19.8 Å². The molecule has 2 aromatic rings. The first-order valence-electron chi connectivity index (χ1n) is 17.2. The van der Waals surface area contributed by atoms with Crippen LogP contribution in [0.1, 0.15) is 156 Å². The van der Waals surface area contributed by atoms with Crippen LogP contribution in [0.2, 0.25) is 0 Å². The zero-order chi connectivity index (χ0) is 32.2. The summed E-state index contributed by atoms with van der Waals surface area (Å²) in [5, 5.41) is 0. The third kappa shape index (κ3) is 12.1. The lowest BCUT2D eigenvalue weighted by molar-refractivity contribution is 0.0519. The number of unbranched alkanes of at least 4 members (excludes halogenated alkanes) is 15. The van der Waals surface area contributed by atoms with Crippen LogP contribution in [0.3, 0.4) is 0 Å². The molecular weight excluding hydrogens is 554 g/mol. The number of hydrogen-bond donors (Lipinski definition) is 0. The van der Waals surface area contributed by atoms with Crippen molar-refractivity contribution < 1.29 is 23.8 Å². The largest absolute Gasteiger partial charge is 0.494 e. The number of ether oxygens (including phenoxy) is 3. The summed E-state index contributed by atoms with van der Waals surface area (Å²) >= 11 is 0. The van der Waals surface area contributed by atoms with Gasteiger partial charge >= 0.3 is 11.9 Å². The molecule has 0 atom stereocenters. The molecule has 0 aliphatic rings. The van der Waals surface area contributed by atoms with E-state index in [1.165, 1.54) is 96.3 Å². The van der Waals surface area contributed by atoms with E-state index in [9.17, 15) is 14.4 Å². The molecule has 1 heterocycles. The van der Waals surface area contributed by atoms with Gasteiger partial charge in [-0.2, -0.15) is 0 Å². The molecule has 7 nitrogen and oxygen atoms in total. The predicted molar refractivity (Wildman–Crippen MR) is 178 cm³/mol. The van der Waals surface area contributed by atoms with Gasteiger partial charge in [0, 0.05) is 17.1 Å². The van der Waals surface area contributed by atoms with Gasteiger partial charge in [-0.05, 0) is 58.4 Å². The Morgan fingerprint density at radius 2 is 0.977 bits per heavy atom. The Morgan fingerprint density at radius 3 is 1.36 bits per heavy atom. The quantitative estimate of drug-likeness (QED) is 0.0919. The monoisotopic (exact) mass is 611 g/mol. The van der Waals surface area contributed by atoms with Crippen LogP contribution in [0.15, 0.2) is 29.1 Å². The summed E-state index contributed by atoms with van der Waals surface area (Å²) in [4.78, 5) is 38.6. The number of hydrogen-bond acceptors (Lipinski definition) is 6. The molecular formula is C37H57NO6. The van der Waals surface area contributed by atoms with Gasteiger partial charge in [0.25, 0.3) is 0 Å². The van der Waals surface area contributed by atoms with Crippen molar-refractivity contribution in [1.29, 1.82) is 0 Å². The molecule has 7 heteroatoms. The molecule has 246 valence electrons. The fourth-order valence-electron chi connectivity index (χ4n) is 5.74. The predicted octanol–water partition coefficient (Wildman–Crippen LogP) is 9.45. The van der Waals surface area contributed by atoms with Gasteiger partial charge in [0.1, 0.15) is 16.9 Å². The Kier molecular flexibility index (Phi) is 18.2. The molecule has 0 radical (unpaired) electrons. The first-order chi connectivity index (χ1) is 21.4. The molecule has 0 unspecified atom stereocenters. The van der Waals surface area contributed by atoms with E-state index in [1.807, 2.05) is 24.3 Å². The summed E-state index contributed by atoms with van der Waals surface area (Å²) in [6.45, 7) is 9.87. The number of carbonyl (C=O) groups excluding carboxylic acids is 2. The van der Waals surface area contributed by atoms with Crippen molar-refractivity contribution in [2.24, 2.45) is 0 Å². The number of carbonyl (C=O) groups is 2. The molecule has 0 spiro atoms. The first kappa shape index (κ1) is 37.1. The number of aromatic nitrogens is 1. The van der Waals surface area contributed by atoms with Gasteiger partial charge in [-0.25, -0.2) is 9.59 Å². The Bertz CT molecular complexity index is 1140. The van der Waals surface area contributed by atoms with E-state index < -0.39 is 17.4 Å². The third-order valence-corrected chi connectivity index (χ3v) is 8.17. The fourth-order valence-corrected chi connectivity index (χ4v) is 5.74. The highest BCUT2D eigenvalue weighted by Gasteiger charge is 2.27. The average molecular weight is 612 g/mol. The zero-order valence-corrected chi connectivity index (χ0v) is 28.1. The Hall–Kier alpha value is -3.09. The molecule has 0 saturated carbocycles. The molecule has 2 rings (SSSR count). The van der Waals surface area contributed by atoms with E-state index in [0.29, 0.717) is 23.7 Å². The number of benzene rings is 1. The summed E-state index contributed by atoms with van der Waals surface area (Å²) in [6.07, 6.45) is 21.4. The highest BCUT2D eigenvalue weighted by molar-refractivity contribution is 5.96. The molecule has 0 bridgehead atoms. The lowest BCUT2D eigenvalue weighted by Crippen LogP contribution is -2.31. The summed E-state index contributed by atoms with van der Waals surface area (Å²) in [7, 11) is 0. The highest BCUT2D eigenvalue weighted by Crippen LogP contribution is 2.23. The summed E-state index contributed by atoms with van der Waals surface area (Å²) in [6, 6.07) is 7.45. The van der Waals surface area contributed by atoms with E-state index >= 15 is 0 Å². The van der Waals surface area contributed by atoms with Gasteiger partial charge in [-0.15, -0.1) is 0 Å². The molecule has 0 N–H and O–H groups in total. The molecule has 1 aromatic heterocycles. The van der Waals surface area contributed by atoms with Crippen LogP contribution in [-0.2, 0) is 9.47 Å². The number of rotatable bonds is 23. The number of pyridine rings is 1. The highest BCUT2D eigenvalue weighted by atomic mass is 16.5. The molecule has 0 saturated heterocycles. The maximum Gasteiger partial charge on any atom is 0.343 e. The van der Waals surface area contributed by atoms with E-state index in [1.54, 1.807) is 32.3 Å². The van der Waals surface area contributed by atoms with Crippen LogP contribution in [0, 0.1) is 13.8 Å². The van der Waals surface area contributed by atoms with Crippen molar-refractivity contribution in [3.63, 3.8) is 0 Å². The molecule has 44 heavy (non-hydrogen) atoms. The molecule has 0 aliphatic heterocycles. The van der Waals surface area contributed by atoms with Gasteiger partial charge in [0.05, 0.1) is 19.8 Å². The fraction of sp³-hybridized carbons (Fsp3) is 0.649. The summed E-state index contributed by atoms with van der Waals surface area (Å²) in [5.74, 6) is -0.761. The minimum absolute atomic E-state index is 0.117. The van der Waals surface area contributed by atoms with Crippen LogP contribution in [0.25, 0.3) is 5.69 Å². The van der Waals surface area contributed by atoms with E-state index in [-0.39, 0.29) is 24.3 Å². The second-order valence-corrected chi connectivity index (χ2v) is 11.7. The van der Waals surface area contributed by atoms with Crippen LogP contribution in [0.4, 0.5) is 0 Å². The maximum atomic E-state index is 13.2. The normalized spacial score (nSPS) is 11.0. The van der Waals surface area contributed by atoms with Crippen molar-refractivity contribution in [3.8, 4) is 11.4 Å². The van der Waals surface area contributed by atoms with Gasteiger partial charge in [0.2, 0.25) is 5.43 Å². The lowest BCUT2D eigenvalue weighted by Gasteiger charge is -2.20. The lowest BCUT2D eigenvalue weighted by atomic mass is 10.0. The average Bonchev–Trinajstić information content (AvgIpc) is 2.99. The summed E-state index contributed by atoms with van der Waals surface area (Å²) in [5.41, 5.74) is 0.507. The third-order valence-electron chi connectivity index (χ3n) is 8.17. The second-order valence-electron chi connectivity index (χ2n) is 11.7. The Balaban J connectivity index is 1.79. The SMILES string of the molecule is CCCCCCCCCCCCCCCCCCOc1ccc(-n2c(C)c(C(=O)OCC)c(=O)c(C(=O)OCC)c2C)cc1. The topological polar surface area (TPSA) is 83.8 Å². The minimum Gasteiger partial charge on any atom is -0.494 e. The number of esters is 2. The Morgan fingerprint density at radius 1 is 0.591 bits per heavy atom.